The highest BCUT2D eigenvalue weighted by molar-refractivity contribution is 5.59. The lowest BCUT2D eigenvalue weighted by Crippen LogP contribution is -2.23. The Morgan fingerprint density at radius 2 is 1.95 bits per heavy atom. The van der Waals surface area contributed by atoms with Crippen molar-refractivity contribution in [2.24, 2.45) is 0 Å². The second kappa shape index (κ2) is 6.22. The molecule has 1 aliphatic rings. The maximum atomic E-state index is 4.77. The number of aryl methyl sites for hydroxylation is 1. The fourth-order valence-corrected chi connectivity index (χ4v) is 2.28. The van der Waals surface area contributed by atoms with Crippen LogP contribution < -0.4 is 10.2 Å². The standard InChI is InChI=1S/C15H26N4/c1-5-7-13-17-14(16-10-6-2)11(3)15(18-13)19(4)12-8-9-12/h12H,5-10H2,1-4H3,(H,16,17,18). The van der Waals surface area contributed by atoms with Gasteiger partial charge in [-0.25, -0.2) is 9.97 Å². The molecule has 0 unspecified atom stereocenters. The second-order valence-corrected chi connectivity index (χ2v) is 5.46. The van der Waals surface area contributed by atoms with E-state index < -0.39 is 0 Å². The topological polar surface area (TPSA) is 41.1 Å². The van der Waals surface area contributed by atoms with Crippen molar-refractivity contribution in [3.63, 3.8) is 0 Å². The molecule has 0 bridgehead atoms. The lowest BCUT2D eigenvalue weighted by Gasteiger charge is -2.22. The molecule has 0 aromatic carbocycles. The molecule has 1 saturated carbocycles. The smallest absolute Gasteiger partial charge is 0.137 e. The van der Waals surface area contributed by atoms with Gasteiger partial charge in [-0.3, -0.25) is 0 Å². The number of nitrogens with one attached hydrogen (secondary N) is 1. The number of rotatable bonds is 7. The van der Waals surface area contributed by atoms with Crippen LogP contribution in [-0.2, 0) is 6.42 Å². The Balaban J connectivity index is 2.30. The number of hydrogen-bond acceptors (Lipinski definition) is 4. The Bertz CT molecular complexity index is 426. The molecular weight excluding hydrogens is 236 g/mol. The molecule has 1 heterocycles. The number of nitrogens with zero attached hydrogens (tertiary/aromatic N) is 3. The van der Waals surface area contributed by atoms with E-state index in [2.05, 4.69) is 43.0 Å². The zero-order valence-electron chi connectivity index (χ0n) is 12.7. The first-order valence-electron chi connectivity index (χ1n) is 7.51. The largest absolute Gasteiger partial charge is 0.370 e. The van der Waals surface area contributed by atoms with Crippen molar-refractivity contribution < 1.29 is 0 Å². The summed E-state index contributed by atoms with van der Waals surface area (Å²) >= 11 is 0. The van der Waals surface area contributed by atoms with Crippen LogP contribution in [-0.4, -0.2) is 29.6 Å². The number of aromatic nitrogens is 2. The van der Waals surface area contributed by atoms with Gasteiger partial charge in [0.25, 0.3) is 0 Å². The van der Waals surface area contributed by atoms with Gasteiger partial charge >= 0.3 is 0 Å². The van der Waals surface area contributed by atoms with Crippen LogP contribution in [0.1, 0.15) is 50.9 Å². The molecule has 4 heteroatoms. The monoisotopic (exact) mass is 262 g/mol. The summed E-state index contributed by atoms with van der Waals surface area (Å²) in [5, 5.41) is 3.44. The summed E-state index contributed by atoms with van der Waals surface area (Å²) in [4.78, 5) is 11.8. The zero-order valence-corrected chi connectivity index (χ0v) is 12.7. The van der Waals surface area contributed by atoms with Gasteiger partial charge in [0, 0.05) is 31.6 Å². The fourth-order valence-electron chi connectivity index (χ4n) is 2.28. The summed E-state index contributed by atoms with van der Waals surface area (Å²) in [6, 6.07) is 0.683. The third-order valence-electron chi connectivity index (χ3n) is 3.61. The molecule has 0 saturated heterocycles. The summed E-state index contributed by atoms with van der Waals surface area (Å²) in [6.07, 6.45) is 5.73. The molecule has 1 aliphatic carbocycles. The first-order valence-corrected chi connectivity index (χ1v) is 7.51. The molecule has 0 spiro atoms. The van der Waals surface area contributed by atoms with Crippen LogP contribution in [0, 0.1) is 6.92 Å². The minimum Gasteiger partial charge on any atom is -0.370 e. The summed E-state index contributed by atoms with van der Waals surface area (Å²) in [5.74, 6) is 3.09. The van der Waals surface area contributed by atoms with Crippen molar-refractivity contribution in [2.75, 3.05) is 23.8 Å². The third-order valence-corrected chi connectivity index (χ3v) is 3.61. The van der Waals surface area contributed by atoms with E-state index in [-0.39, 0.29) is 0 Å². The van der Waals surface area contributed by atoms with Crippen LogP contribution in [0.2, 0.25) is 0 Å². The van der Waals surface area contributed by atoms with Crippen molar-refractivity contribution >= 4 is 11.6 Å². The van der Waals surface area contributed by atoms with Gasteiger partial charge in [0.2, 0.25) is 0 Å². The molecule has 0 radical (unpaired) electrons. The van der Waals surface area contributed by atoms with Gasteiger partial charge in [0.15, 0.2) is 0 Å². The number of hydrogen-bond donors (Lipinski definition) is 1. The van der Waals surface area contributed by atoms with Crippen LogP contribution in [0.15, 0.2) is 0 Å². The average molecular weight is 262 g/mol. The second-order valence-electron chi connectivity index (χ2n) is 5.46. The Labute approximate surface area is 116 Å². The van der Waals surface area contributed by atoms with Crippen molar-refractivity contribution in [3.8, 4) is 0 Å². The quantitative estimate of drug-likeness (QED) is 0.819. The molecule has 4 nitrogen and oxygen atoms in total. The van der Waals surface area contributed by atoms with Crippen molar-refractivity contribution in [1.29, 1.82) is 0 Å². The van der Waals surface area contributed by atoms with E-state index in [9.17, 15) is 0 Å². The first-order chi connectivity index (χ1) is 9.17. The summed E-state index contributed by atoms with van der Waals surface area (Å²) in [5.41, 5.74) is 1.18. The highest BCUT2D eigenvalue weighted by atomic mass is 15.2. The number of anilines is 2. The molecule has 2 rings (SSSR count). The molecule has 106 valence electrons. The van der Waals surface area contributed by atoms with Gasteiger partial charge in [0.1, 0.15) is 17.5 Å². The third kappa shape index (κ3) is 3.37. The molecular formula is C15H26N4. The molecule has 0 atom stereocenters. The zero-order chi connectivity index (χ0) is 13.8. The van der Waals surface area contributed by atoms with Crippen LogP contribution in [0.5, 0.6) is 0 Å². The van der Waals surface area contributed by atoms with E-state index in [1.54, 1.807) is 0 Å². The maximum absolute atomic E-state index is 4.77. The van der Waals surface area contributed by atoms with Crippen LogP contribution in [0.4, 0.5) is 11.6 Å². The molecule has 1 aromatic rings. The van der Waals surface area contributed by atoms with E-state index in [0.717, 1.165) is 43.3 Å². The summed E-state index contributed by atoms with van der Waals surface area (Å²) in [7, 11) is 2.16. The SMILES string of the molecule is CCCNc1nc(CCC)nc(N(C)C2CC2)c1C. The fraction of sp³-hybridized carbons (Fsp3) is 0.733. The Morgan fingerprint density at radius 3 is 2.53 bits per heavy atom. The van der Waals surface area contributed by atoms with Gasteiger partial charge in [-0.05, 0) is 32.6 Å². The molecule has 1 N–H and O–H groups in total. The first kappa shape index (κ1) is 14.1. The summed E-state index contributed by atoms with van der Waals surface area (Å²) in [6.45, 7) is 7.44. The molecule has 1 aromatic heterocycles. The van der Waals surface area contributed by atoms with E-state index in [1.807, 2.05) is 0 Å². The van der Waals surface area contributed by atoms with E-state index in [1.165, 1.54) is 18.4 Å². The molecule has 19 heavy (non-hydrogen) atoms. The lowest BCUT2D eigenvalue weighted by atomic mass is 10.2. The van der Waals surface area contributed by atoms with Crippen molar-refractivity contribution in [2.45, 2.75) is 58.9 Å². The predicted molar refractivity (Wildman–Crippen MR) is 81.0 cm³/mol. The van der Waals surface area contributed by atoms with Gasteiger partial charge in [0.05, 0.1) is 0 Å². The lowest BCUT2D eigenvalue weighted by molar-refractivity contribution is 0.803. The van der Waals surface area contributed by atoms with Gasteiger partial charge in [-0.2, -0.15) is 0 Å². The van der Waals surface area contributed by atoms with Gasteiger partial charge in [-0.1, -0.05) is 13.8 Å². The Morgan fingerprint density at radius 1 is 1.21 bits per heavy atom. The molecule has 0 aliphatic heterocycles. The minimum atomic E-state index is 0.683. The van der Waals surface area contributed by atoms with Crippen LogP contribution in [0.25, 0.3) is 0 Å². The van der Waals surface area contributed by atoms with Gasteiger partial charge in [-0.15, -0.1) is 0 Å². The average Bonchev–Trinajstić information content (AvgIpc) is 3.23. The normalized spacial score (nSPS) is 14.5. The highest BCUT2D eigenvalue weighted by Crippen LogP contribution is 2.32. The van der Waals surface area contributed by atoms with Crippen molar-refractivity contribution in [1.82, 2.24) is 9.97 Å². The molecule has 1 fully saturated rings. The minimum absolute atomic E-state index is 0.683. The van der Waals surface area contributed by atoms with Gasteiger partial charge < -0.3 is 10.2 Å². The Kier molecular flexibility index (Phi) is 4.61. The highest BCUT2D eigenvalue weighted by Gasteiger charge is 2.29. The summed E-state index contributed by atoms with van der Waals surface area (Å²) < 4.78 is 0. The maximum Gasteiger partial charge on any atom is 0.137 e. The van der Waals surface area contributed by atoms with Crippen LogP contribution >= 0.6 is 0 Å². The Hall–Kier alpha value is -1.32. The predicted octanol–water partition coefficient (Wildman–Crippen LogP) is 3.16. The van der Waals surface area contributed by atoms with E-state index >= 15 is 0 Å². The van der Waals surface area contributed by atoms with E-state index in [4.69, 9.17) is 4.98 Å². The van der Waals surface area contributed by atoms with Crippen LogP contribution in [0.3, 0.4) is 0 Å². The van der Waals surface area contributed by atoms with E-state index in [0.29, 0.717) is 6.04 Å². The van der Waals surface area contributed by atoms with Crippen molar-refractivity contribution in [3.05, 3.63) is 11.4 Å². The molecule has 0 amide bonds.